The van der Waals surface area contributed by atoms with Gasteiger partial charge in [0.2, 0.25) is 0 Å². The summed E-state index contributed by atoms with van der Waals surface area (Å²) in [7, 11) is 0. The molecular formula is C84H124Br4O16. The van der Waals surface area contributed by atoms with Gasteiger partial charge in [0.05, 0.1) is 68.1 Å². The monoisotopic (exact) mass is 1700 g/mol. The smallest absolute Gasteiger partial charge is 0.305 e. The molecule has 0 aromatic rings. The molecular weight excluding hydrogens is 1580 g/mol. The van der Waals surface area contributed by atoms with Crippen molar-refractivity contribution in [1.82, 2.24) is 0 Å². The standard InChI is InChI=1S/C21H33BrO4.2C21H31BrO4.C21H29BrO4/c4*1-3-18(25)26-20-13-4-5-15-19(14(13)10-16(20)22)17(24)9-11-8-12(23)6-7-21(11,15)2/h11-17,19-20,23-24H,3-10H2,1-2H3;9,12-17,19-20,23-24H,3-8,10H2,1-2H3;6-7,11-17,19-20,23-24H,3-5,8-10H2,1-2H3;6-7,9,12-17,19-20,23-24H,3-5,8,10H2,1-2H3/t11?,12-,13-,14?,15?,16+,17-,19?,20+,21-;12-,13-,14?,15?,16+,17-,19?,20+,21-;11?,12-,13-,14?,15?,16+,17-,19?,20+,21-;12-,13-,14?,15?,16+,17-,19?,20+,21-/m0000/s1. The normalized spacial score (nSPS) is 51.5. The number of halogens is 4. The van der Waals surface area contributed by atoms with Crippen molar-refractivity contribution >= 4 is 87.6 Å². The van der Waals surface area contributed by atoms with Gasteiger partial charge in [-0.15, -0.1) is 0 Å². The zero-order valence-corrected chi connectivity index (χ0v) is 69.2. The summed E-state index contributed by atoms with van der Waals surface area (Å²) >= 11 is 15.1. The molecule has 0 amide bonds. The zero-order chi connectivity index (χ0) is 74.5. The Labute approximate surface area is 652 Å². The van der Waals surface area contributed by atoms with E-state index in [1.165, 1.54) is 11.1 Å². The van der Waals surface area contributed by atoms with Gasteiger partial charge in [-0.3, -0.25) is 19.2 Å². The summed E-state index contributed by atoms with van der Waals surface area (Å²) in [5.74, 6) is 6.11. The van der Waals surface area contributed by atoms with Crippen molar-refractivity contribution in [3.8, 4) is 0 Å². The Bertz CT molecular complexity index is 3220. The van der Waals surface area contributed by atoms with E-state index in [1.54, 1.807) is 0 Å². The van der Waals surface area contributed by atoms with Crippen LogP contribution in [0.2, 0.25) is 0 Å². The lowest BCUT2D eigenvalue weighted by Gasteiger charge is -2.60. The number of ether oxygens (including phenoxy) is 4. The molecule has 16 aliphatic rings. The van der Waals surface area contributed by atoms with Crippen LogP contribution in [0, 0.1) is 128 Å². The summed E-state index contributed by atoms with van der Waals surface area (Å²) < 4.78 is 23.2. The lowest BCUT2D eigenvalue weighted by molar-refractivity contribution is -0.167. The van der Waals surface area contributed by atoms with Gasteiger partial charge in [0, 0.05) is 54.8 Å². The highest BCUT2D eigenvalue weighted by molar-refractivity contribution is 9.10. The topological polar surface area (TPSA) is 267 Å². The second kappa shape index (κ2) is 32.1. The molecule has 20 heteroatoms. The lowest BCUT2D eigenvalue weighted by Crippen LogP contribution is -2.57. The van der Waals surface area contributed by atoms with Gasteiger partial charge >= 0.3 is 23.9 Å². The summed E-state index contributed by atoms with van der Waals surface area (Å²) in [6, 6.07) is 0. The molecule has 16 nitrogen and oxygen atoms in total. The first-order valence-corrected chi connectivity index (χ1v) is 44.7. The first-order chi connectivity index (χ1) is 49.4. The Hall–Kier alpha value is -1.56. The van der Waals surface area contributed by atoms with Crippen molar-refractivity contribution in [3.05, 3.63) is 47.6 Å². The number of carbonyl (C=O) groups excluding carboxylic acids is 4. The molecule has 38 atom stereocenters. The number of alkyl halides is 4. The molecule has 16 rings (SSSR count). The molecule has 0 aromatic carbocycles. The lowest BCUT2D eigenvalue weighted by atomic mass is 9.46. The molecule has 12 saturated carbocycles. The SMILES string of the molecule is CCC(=O)O[C@H]1[C@H](Br)CC2C3C(CC[C@@H]21)[C@@]1(C)C=C[C@H](O)CC1=C[C@@H]3O.CCC(=O)O[C@H]1[C@H](Br)CC2C3C(CC[C@@H]21)[C@@]1(C)C=C[C@H](O)CC1C[C@@H]3O.CCC(=O)O[C@H]1[C@H](Br)CC2C3C(CC[C@@H]21)[C@@]1(C)CC[C@H](O)CC1=C[C@@H]3O.CCC(=O)O[C@H]1[C@H](Br)CC2C3C(CC[C@@H]21)[C@@]1(C)CC[C@H](O)CC1C[C@@H]3O. The van der Waals surface area contributed by atoms with Crippen LogP contribution in [0.1, 0.15) is 222 Å². The number of allylic oxidation sites excluding steroid dienone is 2. The molecule has 0 spiro atoms. The number of esters is 4. The minimum absolute atomic E-state index is 0.0423. The third-order valence-corrected chi connectivity index (χ3v) is 35.5. The molecule has 0 saturated heterocycles. The van der Waals surface area contributed by atoms with E-state index in [2.05, 4.69) is 110 Å². The highest BCUT2D eigenvalue weighted by Crippen LogP contribution is 2.68. The van der Waals surface area contributed by atoms with Crippen LogP contribution < -0.4 is 0 Å². The number of rotatable bonds is 8. The predicted molar refractivity (Wildman–Crippen MR) is 411 cm³/mol. The molecule has 0 radical (unpaired) electrons. The van der Waals surface area contributed by atoms with Crippen LogP contribution in [0.4, 0.5) is 0 Å². The summed E-state index contributed by atoms with van der Waals surface area (Å²) in [5, 5.41) is 84.4. The van der Waals surface area contributed by atoms with Crippen molar-refractivity contribution in [2.24, 2.45) is 128 Å². The predicted octanol–water partition coefficient (Wildman–Crippen LogP) is 14.1. The number of carbonyl (C=O) groups is 4. The molecule has 0 heterocycles. The van der Waals surface area contributed by atoms with Gasteiger partial charge in [-0.2, -0.15) is 0 Å². The van der Waals surface area contributed by atoms with Crippen LogP contribution in [-0.2, 0) is 38.1 Å². The van der Waals surface area contributed by atoms with Gasteiger partial charge in [0.1, 0.15) is 24.4 Å². The molecule has 8 N–H and O–H groups in total. The molecule has 16 aliphatic carbocycles. The maximum Gasteiger partial charge on any atom is 0.305 e. The Morgan fingerprint density at radius 1 is 0.404 bits per heavy atom. The van der Waals surface area contributed by atoms with Crippen LogP contribution in [0.3, 0.4) is 0 Å². The van der Waals surface area contributed by atoms with E-state index in [0.29, 0.717) is 127 Å². The number of aliphatic hydroxyl groups is 8. The van der Waals surface area contributed by atoms with Crippen LogP contribution in [0.15, 0.2) is 47.6 Å². The first kappa shape index (κ1) is 80.5. The quantitative estimate of drug-likeness (QED) is 0.0486. The Morgan fingerprint density at radius 3 is 1.30 bits per heavy atom. The van der Waals surface area contributed by atoms with E-state index >= 15 is 0 Å². The van der Waals surface area contributed by atoms with Gasteiger partial charge < -0.3 is 59.8 Å². The molecule has 12 fully saturated rings. The van der Waals surface area contributed by atoms with Gasteiger partial charge in [-0.05, 0) is 240 Å². The van der Waals surface area contributed by atoms with Crippen molar-refractivity contribution in [3.63, 3.8) is 0 Å². The Balaban J connectivity index is 0.000000123. The number of aliphatic hydroxyl groups excluding tert-OH is 8. The molecule has 584 valence electrons. The summed E-state index contributed by atoms with van der Waals surface area (Å²) in [5.41, 5.74) is 2.79. The van der Waals surface area contributed by atoms with Crippen molar-refractivity contribution in [2.75, 3.05) is 0 Å². The molecule has 14 unspecified atom stereocenters. The number of hydrogen-bond acceptors (Lipinski definition) is 16. The van der Waals surface area contributed by atoms with Crippen LogP contribution >= 0.6 is 63.7 Å². The largest absolute Gasteiger partial charge is 0.461 e. The van der Waals surface area contributed by atoms with Crippen LogP contribution in [0.5, 0.6) is 0 Å². The molecule has 0 bridgehead atoms. The average molecular weight is 1710 g/mol. The fourth-order valence-corrected chi connectivity index (χ4v) is 30.5. The minimum Gasteiger partial charge on any atom is -0.461 e. The van der Waals surface area contributed by atoms with Gasteiger partial charge in [-0.25, -0.2) is 0 Å². The second-order valence-corrected chi connectivity index (χ2v) is 41.4. The van der Waals surface area contributed by atoms with E-state index in [1.807, 2.05) is 45.9 Å². The first-order valence-electron chi connectivity index (χ1n) is 41.0. The van der Waals surface area contributed by atoms with Crippen molar-refractivity contribution in [2.45, 2.75) is 315 Å². The Kier molecular flexibility index (Phi) is 24.9. The fourth-order valence-electron chi connectivity index (χ4n) is 26.7. The summed E-state index contributed by atoms with van der Waals surface area (Å²) in [4.78, 5) is 48.3. The van der Waals surface area contributed by atoms with E-state index in [0.717, 1.165) is 128 Å². The fraction of sp³-hybridized carbons (Fsp3) is 0.857. The van der Waals surface area contributed by atoms with Crippen LogP contribution in [0.25, 0.3) is 0 Å². The third kappa shape index (κ3) is 14.9. The molecule has 0 aliphatic heterocycles. The zero-order valence-electron chi connectivity index (χ0n) is 62.8. The van der Waals surface area contributed by atoms with E-state index in [4.69, 9.17) is 18.9 Å². The number of fused-ring (bicyclic) bond motifs is 20. The van der Waals surface area contributed by atoms with E-state index in [9.17, 15) is 60.0 Å². The number of hydrogen-bond donors (Lipinski definition) is 8. The van der Waals surface area contributed by atoms with E-state index in [-0.39, 0.29) is 138 Å². The highest BCUT2D eigenvalue weighted by Gasteiger charge is 2.65. The Morgan fingerprint density at radius 2 is 0.808 bits per heavy atom. The van der Waals surface area contributed by atoms with Crippen LogP contribution in [-0.4, -0.2) is 157 Å². The average Bonchev–Trinajstić information content (AvgIpc) is 1.34. The molecule has 104 heavy (non-hydrogen) atoms. The highest BCUT2D eigenvalue weighted by atomic mass is 79.9. The van der Waals surface area contributed by atoms with Crippen molar-refractivity contribution < 1.29 is 79.0 Å². The van der Waals surface area contributed by atoms with Gasteiger partial charge in [-0.1, -0.05) is 167 Å². The maximum absolute atomic E-state index is 11.9. The third-order valence-electron chi connectivity index (χ3n) is 31.9. The second-order valence-electron chi connectivity index (χ2n) is 36.6. The minimum atomic E-state index is -0.477. The summed E-state index contributed by atoms with van der Waals surface area (Å²) in [6.07, 6.45) is 31.8. The van der Waals surface area contributed by atoms with Gasteiger partial charge in [0.15, 0.2) is 0 Å². The maximum atomic E-state index is 11.9. The van der Waals surface area contributed by atoms with E-state index < -0.39 is 18.3 Å². The van der Waals surface area contributed by atoms with Gasteiger partial charge in [0.25, 0.3) is 0 Å². The summed E-state index contributed by atoms with van der Waals surface area (Å²) in [6.45, 7) is 16.7. The molecule has 0 aromatic heterocycles. The van der Waals surface area contributed by atoms with Crippen molar-refractivity contribution in [1.29, 1.82) is 0 Å².